The topological polar surface area (TPSA) is 159 Å². The Bertz CT molecular complexity index is 1110. The average molecular weight is 441 g/mol. The normalized spacial score (nSPS) is 18.2. The van der Waals surface area contributed by atoms with Gasteiger partial charge in [-0.1, -0.05) is 12.8 Å². The van der Waals surface area contributed by atoms with Gasteiger partial charge in [0.25, 0.3) is 5.91 Å². The second kappa shape index (κ2) is 9.14. The quantitative estimate of drug-likeness (QED) is 0.428. The van der Waals surface area contributed by atoms with Crippen molar-refractivity contribution in [3.05, 3.63) is 42.1 Å². The lowest BCUT2D eigenvalue weighted by Crippen LogP contribution is -2.43. The number of nitrogens with two attached hydrogens (primary N) is 2. The summed E-state index contributed by atoms with van der Waals surface area (Å²) < 4.78 is 20.0. The van der Waals surface area contributed by atoms with Gasteiger partial charge in [-0.25, -0.2) is 14.4 Å². The van der Waals surface area contributed by atoms with E-state index in [0.29, 0.717) is 17.3 Å². The minimum absolute atomic E-state index is 0.00436. The predicted octanol–water partition coefficient (Wildman–Crippen LogP) is 1.73. The van der Waals surface area contributed by atoms with Crippen LogP contribution in [-0.2, 0) is 0 Å². The highest BCUT2D eigenvalue weighted by Crippen LogP contribution is 2.28. The summed E-state index contributed by atoms with van der Waals surface area (Å²) in [6.07, 6.45) is 8.21. The molecule has 0 bridgehead atoms. The van der Waals surface area contributed by atoms with Crippen molar-refractivity contribution in [2.24, 2.45) is 11.5 Å². The molecule has 32 heavy (non-hydrogen) atoms. The molecule has 1 saturated carbocycles. The number of nitrogens with zero attached hydrogens (tertiary/aromatic N) is 5. The molecule has 3 aromatic heterocycles. The Morgan fingerprint density at radius 2 is 1.97 bits per heavy atom. The maximum Gasteiger partial charge on any atom is 0.252 e. The number of nitrogens with one attached hydrogen (secondary N) is 2. The van der Waals surface area contributed by atoms with Gasteiger partial charge in [0.2, 0.25) is 5.88 Å². The number of pyridine rings is 2. The third kappa shape index (κ3) is 4.44. The number of hydrogen-bond donors (Lipinski definition) is 4. The first-order chi connectivity index (χ1) is 15.5. The molecule has 0 aromatic carbocycles. The van der Waals surface area contributed by atoms with Gasteiger partial charge in [0.1, 0.15) is 11.5 Å². The average Bonchev–Trinajstić information content (AvgIpc) is 3.32. The molecule has 1 fully saturated rings. The molecule has 4 rings (SSSR count). The number of rotatable bonds is 7. The first kappa shape index (κ1) is 21.4. The molecular weight excluding hydrogens is 417 g/mol. The molecule has 2 atom stereocenters. The van der Waals surface area contributed by atoms with Crippen LogP contribution in [0.5, 0.6) is 5.88 Å². The zero-order valence-corrected chi connectivity index (χ0v) is 17.5. The molecule has 168 valence electrons. The molecule has 1 aliphatic rings. The standard InChI is InChI=1S/C20H24FN9O2/c1-32-20-16(30-25-6-7-26-30)8-11(10-24-20)27-18-12(17(23)31)9-13(21)19(29-18)28-15-5-3-2-4-14(15)22/h6-10,14-15H,2-5,22H2,1H3,(H2,23,31)(H2,27,28,29). The molecular formula is C20H24FN9O2. The van der Waals surface area contributed by atoms with Crippen LogP contribution in [0, 0.1) is 5.82 Å². The van der Waals surface area contributed by atoms with Crippen LogP contribution < -0.4 is 26.8 Å². The van der Waals surface area contributed by atoms with Crippen LogP contribution in [-0.4, -0.2) is 50.1 Å². The smallest absolute Gasteiger partial charge is 0.252 e. The van der Waals surface area contributed by atoms with Crippen molar-refractivity contribution in [1.82, 2.24) is 25.0 Å². The Morgan fingerprint density at radius 1 is 1.22 bits per heavy atom. The van der Waals surface area contributed by atoms with Gasteiger partial charge in [0.15, 0.2) is 11.6 Å². The fourth-order valence-corrected chi connectivity index (χ4v) is 3.67. The first-order valence-corrected chi connectivity index (χ1v) is 10.2. The van der Waals surface area contributed by atoms with Crippen LogP contribution in [0.4, 0.5) is 21.7 Å². The molecule has 0 aliphatic heterocycles. The maximum atomic E-state index is 14.7. The largest absolute Gasteiger partial charge is 0.479 e. The lowest BCUT2D eigenvalue weighted by Gasteiger charge is -2.30. The summed E-state index contributed by atoms with van der Waals surface area (Å²) in [5.41, 5.74) is 12.4. The van der Waals surface area contributed by atoms with Gasteiger partial charge >= 0.3 is 0 Å². The number of anilines is 3. The highest BCUT2D eigenvalue weighted by Gasteiger charge is 2.24. The van der Waals surface area contributed by atoms with Gasteiger partial charge in [-0.2, -0.15) is 10.2 Å². The van der Waals surface area contributed by atoms with Crippen LogP contribution in [0.2, 0.25) is 0 Å². The maximum absolute atomic E-state index is 14.7. The fraction of sp³-hybridized carbons (Fsp3) is 0.350. The predicted molar refractivity (Wildman–Crippen MR) is 116 cm³/mol. The SMILES string of the molecule is COc1ncc(Nc2nc(NC3CCCCC3N)c(F)cc2C(N)=O)cc1-n1nccn1. The summed E-state index contributed by atoms with van der Waals surface area (Å²) >= 11 is 0. The van der Waals surface area contributed by atoms with Gasteiger partial charge in [-0.3, -0.25) is 4.79 Å². The van der Waals surface area contributed by atoms with Crippen LogP contribution in [0.3, 0.4) is 0 Å². The van der Waals surface area contributed by atoms with Crippen molar-refractivity contribution in [2.45, 2.75) is 37.8 Å². The number of primary amides is 1. The Labute approximate surface area is 183 Å². The van der Waals surface area contributed by atoms with E-state index in [9.17, 15) is 9.18 Å². The number of carbonyl (C=O) groups excluding carboxylic acids is 1. The minimum Gasteiger partial charge on any atom is -0.479 e. The number of carbonyl (C=O) groups is 1. The van der Waals surface area contributed by atoms with Crippen LogP contribution in [0.25, 0.3) is 5.69 Å². The molecule has 11 nitrogen and oxygen atoms in total. The minimum atomic E-state index is -0.824. The van der Waals surface area contributed by atoms with Gasteiger partial charge in [-0.05, 0) is 25.0 Å². The zero-order valence-electron chi connectivity index (χ0n) is 17.5. The second-order valence-electron chi connectivity index (χ2n) is 7.47. The van der Waals surface area contributed by atoms with Crippen molar-refractivity contribution < 1.29 is 13.9 Å². The van der Waals surface area contributed by atoms with E-state index < -0.39 is 11.7 Å². The molecule has 2 unspecified atom stereocenters. The molecule has 12 heteroatoms. The molecule has 0 radical (unpaired) electrons. The van der Waals surface area contributed by atoms with Crippen LogP contribution in [0.1, 0.15) is 36.0 Å². The van der Waals surface area contributed by atoms with E-state index in [0.717, 1.165) is 31.7 Å². The summed E-state index contributed by atoms with van der Waals surface area (Å²) in [5, 5.41) is 14.2. The Morgan fingerprint density at radius 3 is 2.66 bits per heavy atom. The first-order valence-electron chi connectivity index (χ1n) is 10.2. The van der Waals surface area contributed by atoms with Crippen molar-refractivity contribution >= 4 is 23.2 Å². The highest BCUT2D eigenvalue weighted by atomic mass is 19.1. The van der Waals surface area contributed by atoms with E-state index in [1.807, 2.05) is 0 Å². The molecule has 6 N–H and O–H groups in total. The molecule has 1 aliphatic carbocycles. The van der Waals surface area contributed by atoms with Gasteiger partial charge < -0.3 is 26.8 Å². The van der Waals surface area contributed by atoms with E-state index in [-0.39, 0.29) is 29.3 Å². The third-order valence-corrected chi connectivity index (χ3v) is 5.31. The highest BCUT2D eigenvalue weighted by molar-refractivity contribution is 5.98. The monoisotopic (exact) mass is 441 g/mol. The van der Waals surface area contributed by atoms with E-state index in [2.05, 4.69) is 30.8 Å². The molecule has 3 aromatic rings. The number of aromatic nitrogens is 5. The summed E-state index contributed by atoms with van der Waals surface area (Å²) in [6.45, 7) is 0. The number of hydrogen-bond acceptors (Lipinski definition) is 9. The second-order valence-corrected chi connectivity index (χ2v) is 7.47. The summed E-state index contributed by atoms with van der Waals surface area (Å²) in [5.74, 6) is -1.14. The number of ether oxygens (including phenoxy) is 1. The molecule has 0 spiro atoms. The van der Waals surface area contributed by atoms with Crippen molar-refractivity contribution in [3.8, 4) is 11.6 Å². The van der Waals surface area contributed by atoms with Crippen LogP contribution >= 0.6 is 0 Å². The van der Waals surface area contributed by atoms with Gasteiger partial charge in [-0.15, -0.1) is 4.80 Å². The summed E-state index contributed by atoms with van der Waals surface area (Å²) in [6, 6.07) is 2.50. The molecule has 3 heterocycles. The van der Waals surface area contributed by atoms with E-state index in [1.54, 1.807) is 6.07 Å². The Balaban J connectivity index is 1.68. The number of halogens is 1. The van der Waals surface area contributed by atoms with Crippen LogP contribution in [0.15, 0.2) is 30.7 Å². The summed E-state index contributed by atoms with van der Waals surface area (Å²) in [7, 11) is 1.48. The Kier molecular flexibility index (Phi) is 6.12. The lowest BCUT2D eigenvalue weighted by molar-refractivity contribution is 0.100. The fourth-order valence-electron chi connectivity index (χ4n) is 3.67. The van der Waals surface area contributed by atoms with Crippen molar-refractivity contribution in [1.29, 1.82) is 0 Å². The zero-order chi connectivity index (χ0) is 22.7. The third-order valence-electron chi connectivity index (χ3n) is 5.31. The van der Waals surface area contributed by atoms with Gasteiger partial charge in [0.05, 0.1) is 37.0 Å². The van der Waals surface area contributed by atoms with Crippen molar-refractivity contribution in [2.75, 3.05) is 17.7 Å². The Hall–Kier alpha value is -3.80. The molecule has 0 saturated heterocycles. The van der Waals surface area contributed by atoms with E-state index in [4.69, 9.17) is 16.2 Å². The summed E-state index contributed by atoms with van der Waals surface area (Å²) in [4.78, 5) is 21.8. The molecule has 1 amide bonds. The van der Waals surface area contributed by atoms with E-state index >= 15 is 0 Å². The van der Waals surface area contributed by atoms with Gasteiger partial charge in [0, 0.05) is 12.1 Å². The lowest BCUT2D eigenvalue weighted by atomic mass is 9.91. The number of amides is 1. The van der Waals surface area contributed by atoms with E-state index in [1.165, 1.54) is 30.5 Å². The number of methoxy groups -OCH3 is 1. The van der Waals surface area contributed by atoms with Crippen molar-refractivity contribution in [3.63, 3.8) is 0 Å².